The molecule has 0 aliphatic rings. The third-order valence-corrected chi connectivity index (χ3v) is 2.61. The summed E-state index contributed by atoms with van der Waals surface area (Å²) in [4.78, 5) is 45.5. The molecular formula is C12H23N5O4. The molecule has 8 N–H and O–H groups in total. The van der Waals surface area contributed by atoms with Crippen LogP contribution in [0.5, 0.6) is 0 Å². The second-order valence-electron chi connectivity index (χ2n) is 5.09. The van der Waals surface area contributed by atoms with E-state index < -0.39 is 42.1 Å². The van der Waals surface area contributed by atoms with Gasteiger partial charge in [0.25, 0.3) is 0 Å². The Kier molecular flexibility index (Phi) is 7.99. The maximum atomic E-state index is 12.1. The van der Waals surface area contributed by atoms with E-state index in [4.69, 9.17) is 17.2 Å². The minimum Gasteiger partial charge on any atom is -0.370 e. The molecule has 9 heteroatoms. The Morgan fingerprint density at radius 3 is 1.95 bits per heavy atom. The molecule has 0 saturated carbocycles. The molecule has 0 aromatic carbocycles. The minimum atomic E-state index is -1.21. The Labute approximate surface area is 123 Å². The average Bonchev–Trinajstić information content (AvgIpc) is 2.35. The average molecular weight is 301 g/mol. The van der Waals surface area contributed by atoms with Crippen LogP contribution in [-0.2, 0) is 19.2 Å². The molecule has 2 atom stereocenters. The van der Waals surface area contributed by atoms with E-state index in [0.717, 1.165) is 0 Å². The molecular weight excluding hydrogens is 278 g/mol. The van der Waals surface area contributed by atoms with Gasteiger partial charge in [0.2, 0.25) is 23.6 Å². The topological polar surface area (TPSA) is 170 Å². The van der Waals surface area contributed by atoms with Gasteiger partial charge in [-0.25, -0.2) is 0 Å². The molecule has 0 unspecified atom stereocenters. The molecule has 9 nitrogen and oxygen atoms in total. The van der Waals surface area contributed by atoms with Crippen LogP contribution in [0.1, 0.15) is 26.7 Å². The van der Waals surface area contributed by atoms with Gasteiger partial charge in [0, 0.05) is 0 Å². The van der Waals surface area contributed by atoms with Crippen LogP contribution in [0.3, 0.4) is 0 Å². The Hall–Kier alpha value is -2.16. The fraction of sp³-hybridized carbons (Fsp3) is 0.667. The summed E-state index contributed by atoms with van der Waals surface area (Å²) in [6.07, 6.45) is -0.0556. The fourth-order valence-electron chi connectivity index (χ4n) is 1.65. The Bertz CT molecular complexity index is 410. The largest absolute Gasteiger partial charge is 0.370 e. The van der Waals surface area contributed by atoms with E-state index in [2.05, 4.69) is 10.6 Å². The van der Waals surface area contributed by atoms with E-state index in [1.807, 2.05) is 13.8 Å². The number of rotatable bonds is 9. The smallest absolute Gasteiger partial charge is 0.243 e. The zero-order valence-corrected chi connectivity index (χ0v) is 12.2. The van der Waals surface area contributed by atoms with Crippen LogP contribution in [0, 0.1) is 5.92 Å². The second-order valence-corrected chi connectivity index (χ2v) is 5.09. The van der Waals surface area contributed by atoms with Gasteiger partial charge in [0.05, 0.1) is 13.0 Å². The molecule has 21 heavy (non-hydrogen) atoms. The van der Waals surface area contributed by atoms with Crippen molar-refractivity contribution in [2.45, 2.75) is 38.8 Å². The summed E-state index contributed by atoms with van der Waals surface area (Å²) >= 11 is 0. The van der Waals surface area contributed by atoms with Gasteiger partial charge in [0.1, 0.15) is 12.1 Å². The number of carbonyl (C=O) groups is 4. The van der Waals surface area contributed by atoms with Gasteiger partial charge < -0.3 is 27.8 Å². The van der Waals surface area contributed by atoms with Crippen LogP contribution in [0.25, 0.3) is 0 Å². The highest BCUT2D eigenvalue weighted by Gasteiger charge is 2.26. The summed E-state index contributed by atoms with van der Waals surface area (Å²) in [6, 6.07) is -2.07. The van der Waals surface area contributed by atoms with Crippen molar-refractivity contribution in [3.63, 3.8) is 0 Å². The Balaban J connectivity index is 4.87. The molecule has 120 valence electrons. The normalized spacial score (nSPS) is 13.3. The summed E-state index contributed by atoms with van der Waals surface area (Å²) in [6.45, 7) is 3.47. The molecule has 0 heterocycles. The van der Waals surface area contributed by atoms with Gasteiger partial charge in [-0.1, -0.05) is 13.8 Å². The molecule has 0 aromatic heterocycles. The van der Waals surface area contributed by atoms with E-state index >= 15 is 0 Å². The number of hydrogen-bond donors (Lipinski definition) is 5. The number of nitrogens with one attached hydrogen (secondary N) is 2. The summed E-state index contributed by atoms with van der Waals surface area (Å²) in [5.74, 6) is -2.65. The molecule has 0 rings (SSSR count). The molecule has 0 spiro atoms. The lowest BCUT2D eigenvalue weighted by Gasteiger charge is -2.22. The predicted molar refractivity (Wildman–Crippen MR) is 75.4 cm³/mol. The first kappa shape index (κ1) is 18.8. The van der Waals surface area contributed by atoms with Gasteiger partial charge in [-0.15, -0.1) is 0 Å². The first-order chi connectivity index (χ1) is 9.67. The zero-order chi connectivity index (χ0) is 16.6. The number of amides is 4. The van der Waals surface area contributed by atoms with Gasteiger partial charge >= 0.3 is 0 Å². The van der Waals surface area contributed by atoms with E-state index in [1.165, 1.54) is 0 Å². The van der Waals surface area contributed by atoms with Crippen molar-refractivity contribution in [1.29, 1.82) is 0 Å². The van der Waals surface area contributed by atoms with Crippen LogP contribution < -0.4 is 27.8 Å². The predicted octanol–water partition coefficient (Wildman–Crippen LogP) is -2.68. The van der Waals surface area contributed by atoms with Crippen LogP contribution in [-0.4, -0.2) is 42.3 Å². The van der Waals surface area contributed by atoms with Crippen molar-refractivity contribution < 1.29 is 19.2 Å². The fourth-order valence-corrected chi connectivity index (χ4v) is 1.65. The molecule has 0 aromatic rings. The third-order valence-electron chi connectivity index (χ3n) is 2.61. The first-order valence-electron chi connectivity index (χ1n) is 6.54. The summed E-state index contributed by atoms with van der Waals surface area (Å²) < 4.78 is 0. The molecule has 0 fully saturated rings. The van der Waals surface area contributed by atoms with Gasteiger partial charge in [-0.2, -0.15) is 0 Å². The molecule has 0 bridgehead atoms. The monoisotopic (exact) mass is 301 g/mol. The van der Waals surface area contributed by atoms with E-state index in [0.29, 0.717) is 6.42 Å². The van der Waals surface area contributed by atoms with Crippen LogP contribution in [0.4, 0.5) is 0 Å². The summed E-state index contributed by atoms with van der Waals surface area (Å²) in [5, 5.41) is 4.76. The lowest BCUT2D eigenvalue weighted by atomic mass is 10.0. The Morgan fingerprint density at radius 1 is 1.00 bits per heavy atom. The van der Waals surface area contributed by atoms with Crippen molar-refractivity contribution in [2.75, 3.05) is 6.54 Å². The molecule has 0 aliphatic carbocycles. The third kappa shape index (κ3) is 7.88. The maximum absolute atomic E-state index is 12.1. The van der Waals surface area contributed by atoms with Crippen molar-refractivity contribution in [1.82, 2.24) is 10.6 Å². The van der Waals surface area contributed by atoms with Gasteiger partial charge in [0.15, 0.2) is 0 Å². The minimum absolute atomic E-state index is 0.113. The lowest BCUT2D eigenvalue weighted by molar-refractivity contribution is -0.132. The molecule has 0 saturated heterocycles. The van der Waals surface area contributed by atoms with Gasteiger partial charge in [-0.3, -0.25) is 19.2 Å². The number of carbonyl (C=O) groups excluding carboxylic acids is 4. The lowest BCUT2D eigenvalue weighted by Crippen LogP contribution is -2.54. The van der Waals surface area contributed by atoms with Crippen molar-refractivity contribution >= 4 is 23.6 Å². The second kappa shape index (κ2) is 8.90. The SMILES string of the molecule is CC(C)C[C@H](NC(=O)CN)C(=O)N[C@@H](CC(N)=O)C(N)=O. The highest BCUT2D eigenvalue weighted by atomic mass is 16.2. The zero-order valence-electron chi connectivity index (χ0n) is 12.2. The first-order valence-corrected chi connectivity index (χ1v) is 6.54. The number of hydrogen-bond acceptors (Lipinski definition) is 5. The molecule has 4 amide bonds. The van der Waals surface area contributed by atoms with Crippen molar-refractivity contribution in [2.24, 2.45) is 23.1 Å². The number of nitrogens with two attached hydrogens (primary N) is 3. The maximum Gasteiger partial charge on any atom is 0.243 e. The summed E-state index contributed by atoms with van der Waals surface area (Å²) in [7, 11) is 0. The van der Waals surface area contributed by atoms with E-state index in [-0.39, 0.29) is 12.5 Å². The quantitative estimate of drug-likeness (QED) is 0.312. The van der Waals surface area contributed by atoms with Crippen molar-refractivity contribution in [3.05, 3.63) is 0 Å². The van der Waals surface area contributed by atoms with Crippen molar-refractivity contribution in [3.8, 4) is 0 Å². The highest BCUT2D eigenvalue weighted by Crippen LogP contribution is 2.06. The van der Waals surface area contributed by atoms with Crippen LogP contribution in [0.2, 0.25) is 0 Å². The number of primary amides is 2. The van der Waals surface area contributed by atoms with Crippen LogP contribution in [0.15, 0.2) is 0 Å². The standard InChI is InChI=1S/C12H23N5O4/c1-6(2)3-8(16-10(19)5-13)12(21)17-7(11(15)20)4-9(14)18/h6-8H,3-5,13H2,1-2H3,(H2,14,18)(H2,15,20)(H,16,19)(H,17,21)/t7-,8-/m0/s1. The van der Waals surface area contributed by atoms with E-state index in [1.54, 1.807) is 0 Å². The Morgan fingerprint density at radius 2 is 1.57 bits per heavy atom. The molecule has 0 aliphatic heterocycles. The highest BCUT2D eigenvalue weighted by molar-refractivity contribution is 5.93. The molecule has 0 radical (unpaired) electrons. The summed E-state index contributed by atoms with van der Waals surface area (Å²) in [5.41, 5.74) is 15.3. The van der Waals surface area contributed by atoms with E-state index in [9.17, 15) is 19.2 Å². The van der Waals surface area contributed by atoms with Gasteiger partial charge in [-0.05, 0) is 12.3 Å². The van der Waals surface area contributed by atoms with Crippen LogP contribution >= 0.6 is 0 Å².